The lowest BCUT2D eigenvalue weighted by Crippen LogP contribution is -2.06. The molecule has 0 saturated carbocycles. The van der Waals surface area contributed by atoms with Gasteiger partial charge in [-0.3, -0.25) is 0 Å². The quantitative estimate of drug-likeness (QED) is 0.496. The lowest BCUT2D eigenvalue weighted by Gasteiger charge is -2.11. The highest BCUT2D eigenvalue weighted by Gasteiger charge is 2.11. The number of hydrogen-bond donors (Lipinski definition) is 0. The molecule has 0 spiro atoms. The summed E-state index contributed by atoms with van der Waals surface area (Å²) in [6, 6.07) is 20.1. The van der Waals surface area contributed by atoms with E-state index >= 15 is 0 Å². The van der Waals surface area contributed by atoms with E-state index in [9.17, 15) is 0 Å². The summed E-state index contributed by atoms with van der Waals surface area (Å²) in [6.45, 7) is 3.35. The standard InChI is InChI=1S/C20H17ClN2O/c1-2-23-17-10-6-5-9-16(17)22-19(23)13-24-18-12-11-14-7-3-4-8-15(14)20(18)21/h3-12H,2,13H2,1H3. The zero-order valence-electron chi connectivity index (χ0n) is 13.4. The molecular weight excluding hydrogens is 320 g/mol. The number of imidazole rings is 1. The van der Waals surface area contributed by atoms with Gasteiger partial charge in [-0.25, -0.2) is 4.98 Å². The van der Waals surface area contributed by atoms with Crippen molar-refractivity contribution >= 4 is 33.4 Å². The average Bonchev–Trinajstić information content (AvgIpc) is 2.99. The third-order valence-electron chi connectivity index (χ3n) is 4.23. The van der Waals surface area contributed by atoms with Crippen LogP contribution in [0.4, 0.5) is 0 Å². The van der Waals surface area contributed by atoms with Crippen molar-refractivity contribution in [2.75, 3.05) is 0 Å². The fraction of sp³-hybridized carbons (Fsp3) is 0.150. The van der Waals surface area contributed by atoms with Crippen LogP contribution in [0.5, 0.6) is 5.75 Å². The van der Waals surface area contributed by atoms with Crippen molar-refractivity contribution in [1.82, 2.24) is 9.55 Å². The van der Waals surface area contributed by atoms with Crippen LogP contribution in [0.1, 0.15) is 12.7 Å². The molecule has 3 aromatic carbocycles. The molecule has 0 atom stereocenters. The zero-order valence-corrected chi connectivity index (χ0v) is 14.1. The number of benzene rings is 3. The summed E-state index contributed by atoms with van der Waals surface area (Å²) < 4.78 is 8.16. The predicted molar refractivity (Wildman–Crippen MR) is 98.7 cm³/mol. The minimum absolute atomic E-state index is 0.389. The Morgan fingerprint density at radius 1 is 1.00 bits per heavy atom. The Kier molecular flexibility index (Phi) is 3.87. The number of nitrogens with zero attached hydrogens (tertiary/aromatic N) is 2. The van der Waals surface area contributed by atoms with E-state index in [1.165, 1.54) is 0 Å². The normalized spacial score (nSPS) is 11.2. The Morgan fingerprint density at radius 3 is 2.67 bits per heavy atom. The van der Waals surface area contributed by atoms with E-state index in [1.807, 2.05) is 54.6 Å². The van der Waals surface area contributed by atoms with E-state index in [1.54, 1.807) is 0 Å². The number of aromatic nitrogens is 2. The van der Waals surface area contributed by atoms with E-state index in [4.69, 9.17) is 16.3 Å². The van der Waals surface area contributed by atoms with Crippen molar-refractivity contribution in [3.63, 3.8) is 0 Å². The van der Waals surface area contributed by atoms with Crippen LogP contribution in [0.3, 0.4) is 0 Å². The number of ether oxygens (including phenoxy) is 1. The fourth-order valence-corrected chi connectivity index (χ4v) is 3.35. The third kappa shape index (κ3) is 2.51. The molecule has 0 N–H and O–H groups in total. The van der Waals surface area contributed by atoms with Crippen LogP contribution in [-0.2, 0) is 13.2 Å². The third-order valence-corrected chi connectivity index (χ3v) is 4.62. The van der Waals surface area contributed by atoms with E-state index in [0.29, 0.717) is 17.4 Å². The second kappa shape index (κ2) is 6.17. The maximum Gasteiger partial charge on any atom is 0.147 e. The van der Waals surface area contributed by atoms with Gasteiger partial charge in [0.25, 0.3) is 0 Å². The molecule has 0 amide bonds. The van der Waals surface area contributed by atoms with Crippen molar-refractivity contribution in [1.29, 1.82) is 0 Å². The van der Waals surface area contributed by atoms with Crippen LogP contribution in [-0.4, -0.2) is 9.55 Å². The van der Waals surface area contributed by atoms with E-state index in [-0.39, 0.29) is 0 Å². The first-order valence-corrected chi connectivity index (χ1v) is 8.40. The van der Waals surface area contributed by atoms with Crippen LogP contribution in [0, 0.1) is 0 Å². The van der Waals surface area contributed by atoms with Gasteiger partial charge in [-0.15, -0.1) is 0 Å². The molecule has 24 heavy (non-hydrogen) atoms. The number of para-hydroxylation sites is 2. The summed E-state index contributed by atoms with van der Waals surface area (Å²) >= 11 is 6.51. The Labute approximate surface area is 145 Å². The Morgan fingerprint density at radius 2 is 1.79 bits per heavy atom. The summed E-state index contributed by atoms with van der Waals surface area (Å²) in [5.74, 6) is 1.59. The topological polar surface area (TPSA) is 27.1 Å². The Hall–Kier alpha value is -2.52. The maximum atomic E-state index is 6.51. The SMILES string of the molecule is CCn1c(COc2ccc3ccccc3c2Cl)nc2ccccc21. The molecule has 0 aliphatic heterocycles. The zero-order chi connectivity index (χ0) is 16.5. The van der Waals surface area contributed by atoms with Gasteiger partial charge in [-0.05, 0) is 30.5 Å². The fourth-order valence-electron chi connectivity index (χ4n) is 3.06. The van der Waals surface area contributed by atoms with Crippen molar-refractivity contribution in [3.05, 3.63) is 71.5 Å². The van der Waals surface area contributed by atoms with Crippen LogP contribution in [0.2, 0.25) is 5.02 Å². The molecule has 0 bridgehead atoms. The molecular formula is C20H17ClN2O. The van der Waals surface area contributed by atoms with Gasteiger partial charge in [-0.2, -0.15) is 0 Å². The molecule has 3 nitrogen and oxygen atoms in total. The largest absolute Gasteiger partial charge is 0.484 e. The molecule has 4 rings (SSSR count). The molecule has 120 valence electrons. The average molecular weight is 337 g/mol. The van der Waals surface area contributed by atoms with Gasteiger partial charge in [-0.1, -0.05) is 54.1 Å². The molecule has 0 aliphatic rings. The summed E-state index contributed by atoms with van der Waals surface area (Å²) in [4.78, 5) is 4.69. The molecule has 0 saturated heterocycles. The lowest BCUT2D eigenvalue weighted by molar-refractivity contribution is 0.291. The van der Waals surface area contributed by atoms with E-state index < -0.39 is 0 Å². The smallest absolute Gasteiger partial charge is 0.147 e. The summed E-state index contributed by atoms with van der Waals surface area (Å²) in [5.41, 5.74) is 2.12. The van der Waals surface area contributed by atoms with Crippen LogP contribution in [0.25, 0.3) is 21.8 Å². The number of hydrogen-bond acceptors (Lipinski definition) is 2. The number of halogens is 1. The van der Waals surface area contributed by atoms with Gasteiger partial charge >= 0.3 is 0 Å². The Balaban J connectivity index is 1.67. The molecule has 0 aliphatic carbocycles. The molecule has 1 heterocycles. The van der Waals surface area contributed by atoms with Crippen LogP contribution < -0.4 is 4.74 Å². The molecule has 4 heteroatoms. The van der Waals surface area contributed by atoms with E-state index in [0.717, 1.165) is 34.2 Å². The molecule has 1 aromatic heterocycles. The van der Waals surface area contributed by atoms with Crippen molar-refractivity contribution in [2.24, 2.45) is 0 Å². The second-order valence-electron chi connectivity index (χ2n) is 5.65. The minimum Gasteiger partial charge on any atom is -0.484 e. The first-order chi connectivity index (χ1) is 11.8. The summed E-state index contributed by atoms with van der Waals surface area (Å²) in [7, 11) is 0. The van der Waals surface area contributed by atoms with Gasteiger partial charge in [0.2, 0.25) is 0 Å². The molecule has 0 radical (unpaired) electrons. The van der Waals surface area contributed by atoms with Crippen LogP contribution in [0.15, 0.2) is 60.7 Å². The number of aryl methyl sites for hydroxylation is 1. The lowest BCUT2D eigenvalue weighted by atomic mass is 10.1. The van der Waals surface area contributed by atoms with Crippen LogP contribution >= 0.6 is 11.6 Å². The van der Waals surface area contributed by atoms with Crippen molar-refractivity contribution < 1.29 is 4.74 Å². The first-order valence-electron chi connectivity index (χ1n) is 8.02. The number of rotatable bonds is 4. The minimum atomic E-state index is 0.389. The van der Waals surface area contributed by atoms with Gasteiger partial charge in [0.15, 0.2) is 0 Å². The first kappa shape index (κ1) is 15.0. The van der Waals surface area contributed by atoms with Gasteiger partial charge in [0.1, 0.15) is 18.2 Å². The molecule has 4 aromatic rings. The number of fused-ring (bicyclic) bond motifs is 2. The Bertz CT molecular complexity index is 1020. The van der Waals surface area contributed by atoms with Gasteiger partial charge < -0.3 is 9.30 Å². The molecule has 0 unspecified atom stereocenters. The highest BCUT2D eigenvalue weighted by molar-refractivity contribution is 6.37. The van der Waals surface area contributed by atoms with Gasteiger partial charge in [0.05, 0.1) is 16.1 Å². The highest BCUT2D eigenvalue weighted by atomic mass is 35.5. The predicted octanol–water partition coefficient (Wildman–Crippen LogP) is 5.44. The van der Waals surface area contributed by atoms with Crippen molar-refractivity contribution in [2.45, 2.75) is 20.1 Å². The van der Waals surface area contributed by atoms with Crippen molar-refractivity contribution in [3.8, 4) is 5.75 Å². The molecule has 0 fully saturated rings. The monoisotopic (exact) mass is 336 g/mol. The summed E-state index contributed by atoms with van der Waals surface area (Å²) in [6.07, 6.45) is 0. The van der Waals surface area contributed by atoms with E-state index in [2.05, 4.69) is 22.5 Å². The van der Waals surface area contributed by atoms with Gasteiger partial charge in [0, 0.05) is 11.9 Å². The maximum absolute atomic E-state index is 6.51. The summed E-state index contributed by atoms with van der Waals surface area (Å²) in [5, 5.41) is 2.75. The second-order valence-corrected chi connectivity index (χ2v) is 6.03. The highest BCUT2D eigenvalue weighted by Crippen LogP contribution is 2.33.